The summed E-state index contributed by atoms with van der Waals surface area (Å²) in [5.74, 6) is -1.04. The van der Waals surface area contributed by atoms with Crippen LogP contribution in [0, 0.1) is 5.92 Å². The van der Waals surface area contributed by atoms with Crippen LogP contribution in [0.25, 0.3) is 0 Å². The number of carbonyl (C=O) groups excluding carboxylic acids is 1. The number of aliphatic hydroxyl groups excluding tert-OH is 3. The van der Waals surface area contributed by atoms with Gasteiger partial charge in [-0.2, -0.15) is 0 Å². The van der Waals surface area contributed by atoms with E-state index in [0.29, 0.717) is 5.57 Å². The zero-order valence-electron chi connectivity index (χ0n) is 7.88. The summed E-state index contributed by atoms with van der Waals surface area (Å²) >= 11 is 0. The van der Waals surface area contributed by atoms with E-state index in [2.05, 4.69) is 4.74 Å². The summed E-state index contributed by atoms with van der Waals surface area (Å²) in [6, 6.07) is 0. The third-order valence-electron chi connectivity index (χ3n) is 2.37. The highest BCUT2D eigenvalue weighted by molar-refractivity contribution is 5.88. The molecule has 3 N–H and O–H groups in total. The molecule has 14 heavy (non-hydrogen) atoms. The first-order chi connectivity index (χ1) is 6.60. The summed E-state index contributed by atoms with van der Waals surface area (Å²) in [5, 5.41) is 27.7. The van der Waals surface area contributed by atoms with Crippen molar-refractivity contribution in [3.05, 3.63) is 11.6 Å². The number of esters is 1. The van der Waals surface area contributed by atoms with Crippen molar-refractivity contribution in [3.63, 3.8) is 0 Å². The maximum atomic E-state index is 11.1. The van der Waals surface area contributed by atoms with Crippen molar-refractivity contribution in [1.29, 1.82) is 0 Å². The minimum Gasteiger partial charge on any atom is -0.466 e. The maximum absolute atomic E-state index is 11.1. The molecule has 0 aromatic rings. The molecule has 5 heteroatoms. The number of hydrogen-bond donors (Lipinski definition) is 3. The smallest absolute Gasteiger partial charge is 0.333 e. The number of ether oxygens (including phenoxy) is 1. The summed E-state index contributed by atoms with van der Waals surface area (Å²) in [4.78, 5) is 11.1. The molecule has 0 aromatic carbocycles. The summed E-state index contributed by atoms with van der Waals surface area (Å²) in [7, 11) is 1.24. The molecule has 0 saturated heterocycles. The van der Waals surface area contributed by atoms with Gasteiger partial charge in [0.2, 0.25) is 0 Å². The molecule has 0 aromatic heterocycles. The van der Waals surface area contributed by atoms with Crippen LogP contribution in [0.3, 0.4) is 0 Å². The topological polar surface area (TPSA) is 87.0 Å². The predicted octanol–water partition coefficient (Wildman–Crippen LogP) is -1.18. The molecular weight excluding hydrogens is 188 g/mol. The van der Waals surface area contributed by atoms with Gasteiger partial charge in [0.05, 0.1) is 19.3 Å². The second-order valence-electron chi connectivity index (χ2n) is 3.31. The van der Waals surface area contributed by atoms with Gasteiger partial charge in [-0.15, -0.1) is 0 Å². The van der Waals surface area contributed by atoms with Crippen molar-refractivity contribution in [2.24, 2.45) is 5.92 Å². The molecule has 0 heterocycles. The number of carbonyl (C=O) groups is 1. The lowest BCUT2D eigenvalue weighted by Crippen LogP contribution is -2.39. The monoisotopic (exact) mass is 202 g/mol. The van der Waals surface area contributed by atoms with E-state index in [1.54, 1.807) is 0 Å². The summed E-state index contributed by atoms with van der Waals surface area (Å²) < 4.78 is 4.48. The van der Waals surface area contributed by atoms with E-state index >= 15 is 0 Å². The number of methoxy groups -OCH3 is 1. The number of rotatable bonds is 2. The second kappa shape index (κ2) is 4.54. The van der Waals surface area contributed by atoms with E-state index in [1.807, 2.05) is 0 Å². The highest BCUT2D eigenvalue weighted by Crippen LogP contribution is 2.25. The zero-order chi connectivity index (χ0) is 10.7. The van der Waals surface area contributed by atoms with Crippen LogP contribution >= 0.6 is 0 Å². The number of aliphatic hydroxyl groups is 3. The lowest BCUT2D eigenvalue weighted by molar-refractivity contribution is -0.137. The van der Waals surface area contributed by atoms with Gasteiger partial charge in [0.25, 0.3) is 0 Å². The van der Waals surface area contributed by atoms with Crippen molar-refractivity contribution in [3.8, 4) is 0 Å². The minimum absolute atomic E-state index is 0.224. The molecule has 1 aliphatic carbocycles. The molecule has 0 saturated carbocycles. The quantitative estimate of drug-likeness (QED) is 0.491. The zero-order valence-corrected chi connectivity index (χ0v) is 7.88. The molecule has 0 unspecified atom stereocenters. The average molecular weight is 202 g/mol. The highest BCUT2D eigenvalue weighted by Gasteiger charge is 2.32. The Kier molecular flexibility index (Phi) is 3.62. The molecular formula is C9H14O5. The van der Waals surface area contributed by atoms with Crippen LogP contribution in [0.4, 0.5) is 0 Å². The Bertz CT molecular complexity index is 248. The standard InChI is InChI=1S/C9H14O5/c1-14-9(13)5-2-6(4-10)8(12)7(11)3-5/h3,6-8,10-12H,2,4H2,1H3/t6-,7+,8-/m0/s1. The maximum Gasteiger partial charge on any atom is 0.333 e. The van der Waals surface area contributed by atoms with Crippen molar-refractivity contribution in [2.75, 3.05) is 13.7 Å². The Morgan fingerprint density at radius 2 is 2.29 bits per heavy atom. The fraction of sp³-hybridized carbons (Fsp3) is 0.667. The van der Waals surface area contributed by atoms with E-state index in [-0.39, 0.29) is 13.0 Å². The van der Waals surface area contributed by atoms with Gasteiger partial charge in [0, 0.05) is 18.1 Å². The van der Waals surface area contributed by atoms with E-state index in [1.165, 1.54) is 13.2 Å². The molecule has 1 aliphatic rings. The van der Waals surface area contributed by atoms with Crippen LogP contribution in [0.15, 0.2) is 11.6 Å². The lowest BCUT2D eigenvalue weighted by Gasteiger charge is -2.28. The third-order valence-corrected chi connectivity index (χ3v) is 2.37. The van der Waals surface area contributed by atoms with Gasteiger partial charge in [0.15, 0.2) is 0 Å². The van der Waals surface area contributed by atoms with E-state index < -0.39 is 24.1 Å². The van der Waals surface area contributed by atoms with Crippen LogP contribution in [-0.2, 0) is 9.53 Å². The Morgan fingerprint density at radius 3 is 2.79 bits per heavy atom. The predicted molar refractivity (Wildman–Crippen MR) is 47.3 cm³/mol. The normalized spacial score (nSPS) is 32.3. The minimum atomic E-state index is -1.12. The third kappa shape index (κ3) is 2.12. The molecule has 0 amide bonds. The highest BCUT2D eigenvalue weighted by atomic mass is 16.5. The van der Waals surface area contributed by atoms with Crippen LogP contribution in [0.2, 0.25) is 0 Å². The molecule has 0 aliphatic heterocycles. The van der Waals surface area contributed by atoms with E-state index in [0.717, 1.165) is 0 Å². The molecule has 0 spiro atoms. The molecule has 80 valence electrons. The first-order valence-corrected chi connectivity index (χ1v) is 4.36. The van der Waals surface area contributed by atoms with Crippen LogP contribution in [0.1, 0.15) is 6.42 Å². The van der Waals surface area contributed by atoms with Crippen LogP contribution in [-0.4, -0.2) is 47.2 Å². The van der Waals surface area contributed by atoms with Crippen LogP contribution < -0.4 is 0 Å². The van der Waals surface area contributed by atoms with Gasteiger partial charge in [-0.25, -0.2) is 4.79 Å². The Hall–Kier alpha value is -0.910. The van der Waals surface area contributed by atoms with Crippen LogP contribution in [0.5, 0.6) is 0 Å². The molecule has 0 fully saturated rings. The molecule has 0 bridgehead atoms. The Morgan fingerprint density at radius 1 is 1.64 bits per heavy atom. The molecule has 0 radical (unpaired) electrons. The average Bonchev–Trinajstić information content (AvgIpc) is 2.20. The lowest BCUT2D eigenvalue weighted by atomic mass is 9.85. The second-order valence-corrected chi connectivity index (χ2v) is 3.31. The van der Waals surface area contributed by atoms with Gasteiger partial charge in [0.1, 0.15) is 0 Å². The van der Waals surface area contributed by atoms with E-state index in [9.17, 15) is 15.0 Å². The summed E-state index contributed by atoms with van der Waals surface area (Å²) in [5.41, 5.74) is 0.296. The fourth-order valence-electron chi connectivity index (χ4n) is 1.51. The van der Waals surface area contributed by atoms with Gasteiger partial charge in [-0.05, 0) is 12.5 Å². The van der Waals surface area contributed by atoms with Gasteiger partial charge >= 0.3 is 5.97 Å². The fourth-order valence-corrected chi connectivity index (χ4v) is 1.51. The SMILES string of the molecule is COC(=O)C1=C[C@@H](O)[C@@H](O)[C@H](CO)C1. The Balaban J connectivity index is 2.80. The largest absolute Gasteiger partial charge is 0.466 e. The number of hydrogen-bond acceptors (Lipinski definition) is 5. The summed E-state index contributed by atoms with van der Waals surface area (Å²) in [6.07, 6.45) is -0.646. The van der Waals surface area contributed by atoms with Crippen molar-refractivity contribution in [1.82, 2.24) is 0 Å². The molecule has 3 atom stereocenters. The van der Waals surface area contributed by atoms with Crippen molar-refractivity contribution in [2.45, 2.75) is 18.6 Å². The van der Waals surface area contributed by atoms with Gasteiger partial charge < -0.3 is 20.1 Å². The van der Waals surface area contributed by atoms with Crippen molar-refractivity contribution < 1.29 is 24.9 Å². The summed E-state index contributed by atoms with van der Waals surface area (Å²) in [6.45, 7) is -0.271. The first kappa shape index (κ1) is 11.2. The van der Waals surface area contributed by atoms with E-state index in [4.69, 9.17) is 5.11 Å². The molecule has 5 nitrogen and oxygen atoms in total. The first-order valence-electron chi connectivity index (χ1n) is 4.36. The van der Waals surface area contributed by atoms with Gasteiger partial charge in [-0.1, -0.05) is 0 Å². The van der Waals surface area contributed by atoms with Gasteiger partial charge in [-0.3, -0.25) is 0 Å². The van der Waals surface area contributed by atoms with Crippen molar-refractivity contribution >= 4 is 5.97 Å². The Labute approximate surface area is 81.6 Å². The molecule has 1 rings (SSSR count).